The Labute approximate surface area is 226 Å². The minimum atomic E-state index is -0.782. The predicted molar refractivity (Wildman–Crippen MR) is 147 cm³/mol. The maximum atomic E-state index is 13.8. The number of carboxylic acid groups (broad SMARTS) is 1. The highest BCUT2D eigenvalue weighted by Crippen LogP contribution is 2.41. The lowest BCUT2D eigenvalue weighted by atomic mass is 10.0. The maximum Gasteiger partial charge on any atom is 0.303 e. The standard InChI is InChI=1S/C27H31Cl2N3O3S/c28-21-14-19(22(29)13-18(21)5-1-4-8-26(33)34)15-30-17-36-16-25(30)27(35)32-12-11-31(20-9-10-20)23-6-2-3-7-24(23)32/h2-3,6-7,13-14,20,25H,1,4-5,8-12,15-17H2,(H,33,34). The monoisotopic (exact) mass is 547 g/mol. The first kappa shape index (κ1) is 25.7. The number of benzene rings is 2. The number of carbonyl (C=O) groups excluding carboxylic acids is 1. The second kappa shape index (κ2) is 11.2. The lowest BCUT2D eigenvalue weighted by Gasteiger charge is -2.39. The number of carboxylic acids is 1. The van der Waals surface area contributed by atoms with Crippen LogP contribution in [-0.4, -0.2) is 58.7 Å². The molecule has 2 fully saturated rings. The van der Waals surface area contributed by atoms with Crippen LogP contribution in [0.4, 0.5) is 11.4 Å². The number of rotatable bonds is 9. The average Bonchev–Trinajstić information content (AvgIpc) is 3.61. The Morgan fingerprint density at radius 1 is 1.00 bits per heavy atom. The number of aliphatic carboxylic acids is 1. The van der Waals surface area contributed by atoms with Crippen molar-refractivity contribution < 1.29 is 14.7 Å². The van der Waals surface area contributed by atoms with Crippen molar-refractivity contribution in [3.05, 3.63) is 57.6 Å². The summed E-state index contributed by atoms with van der Waals surface area (Å²) in [6.45, 7) is 2.15. The van der Waals surface area contributed by atoms with Gasteiger partial charge in [-0.1, -0.05) is 35.3 Å². The van der Waals surface area contributed by atoms with Gasteiger partial charge < -0.3 is 14.9 Å². The summed E-state index contributed by atoms with van der Waals surface area (Å²) in [7, 11) is 0. The van der Waals surface area contributed by atoms with E-state index in [9.17, 15) is 9.59 Å². The number of hydrogen-bond donors (Lipinski definition) is 1. The smallest absolute Gasteiger partial charge is 0.303 e. The molecule has 1 aliphatic carbocycles. The number of carbonyl (C=O) groups is 2. The van der Waals surface area contributed by atoms with Gasteiger partial charge in [-0.2, -0.15) is 0 Å². The number of halogens is 2. The lowest BCUT2D eigenvalue weighted by Crippen LogP contribution is -2.52. The number of nitrogens with zero attached hydrogens (tertiary/aromatic N) is 3. The summed E-state index contributed by atoms with van der Waals surface area (Å²) in [6, 6.07) is 12.5. The zero-order chi connectivity index (χ0) is 25.2. The van der Waals surface area contributed by atoms with Gasteiger partial charge >= 0.3 is 5.97 Å². The lowest BCUT2D eigenvalue weighted by molar-refractivity contribution is -0.137. The van der Waals surface area contributed by atoms with E-state index in [0.717, 1.165) is 41.4 Å². The van der Waals surface area contributed by atoms with Gasteiger partial charge in [-0.3, -0.25) is 14.5 Å². The van der Waals surface area contributed by atoms with Crippen molar-refractivity contribution in [2.45, 2.75) is 57.2 Å². The van der Waals surface area contributed by atoms with E-state index in [1.807, 2.05) is 23.1 Å². The molecular formula is C27H31Cl2N3O3S. The second-order valence-electron chi connectivity index (χ2n) is 9.80. The highest BCUT2D eigenvalue weighted by molar-refractivity contribution is 7.99. The van der Waals surface area contributed by atoms with Crippen molar-refractivity contribution >= 4 is 58.2 Å². The van der Waals surface area contributed by atoms with Gasteiger partial charge in [-0.25, -0.2) is 0 Å². The molecule has 6 nitrogen and oxygen atoms in total. The van der Waals surface area contributed by atoms with E-state index in [4.69, 9.17) is 28.3 Å². The number of fused-ring (bicyclic) bond motifs is 1. The number of unbranched alkanes of at least 4 members (excludes halogenated alkanes) is 1. The van der Waals surface area contributed by atoms with Gasteiger partial charge in [0.05, 0.1) is 17.4 Å². The third-order valence-corrected chi connectivity index (χ3v) is 9.00. The quantitative estimate of drug-likeness (QED) is 0.407. The van der Waals surface area contributed by atoms with Crippen LogP contribution in [0.3, 0.4) is 0 Å². The summed E-state index contributed by atoms with van der Waals surface area (Å²) in [5, 5.41) is 10.1. The summed E-state index contributed by atoms with van der Waals surface area (Å²) < 4.78 is 0. The summed E-state index contributed by atoms with van der Waals surface area (Å²) in [6.07, 6.45) is 4.68. The SMILES string of the molecule is O=C(O)CCCCc1cc(Cl)c(CN2CSCC2C(=O)N2CCN(C3CC3)c3ccccc32)cc1Cl. The maximum absolute atomic E-state index is 13.8. The number of para-hydroxylation sites is 2. The molecule has 1 saturated carbocycles. The first-order valence-electron chi connectivity index (χ1n) is 12.6. The first-order chi connectivity index (χ1) is 17.4. The largest absolute Gasteiger partial charge is 0.481 e. The third-order valence-electron chi connectivity index (χ3n) is 7.23. The highest BCUT2D eigenvalue weighted by Gasteiger charge is 2.39. The summed E-state index contributed by atoms with van der Waals surface area (Å²) >= 11 is 15.0. The fourth-order valence-electron chi connectivity index (χ4n) is 5.17. The zero-order valence-corrected chi connectivity index (χ0v) is 22.5. The minimum absolute atomic E-state index is 0.153. The van der Waals surface area contributed by atoms with Crippen molar-refractivity contribution in [2.24, 2.45) is 0 Å². The van der Waals surface area contributed by atoms with E-state index in [1.165, 1.54) is 18.5 Å². The Kier molecular flexibility index (Phi) is 8.01. The normalized spacial score (nSPS) is 20.0. The van der Waals surface area contributed by atoms with Crippen LogP contribution < -0.4 is 9.80 Å². The topological polar surface area (TPSA) is 64.1 Å². The van der Waals surface area contributed by atoms with Crippen LogP contribution in [0.1, 0.15) is 43.2 Å². The fraction of sp³-hybridized carbons (Fsp3) is 0.481. The number of anilines is 2. The molecule has 3 aliphatic rings. The molecule has 0 bridgehead atoms. The van der Waals surface area contributed by atoms with Gasteiger partial charge in [-0.05, 0) is 67.5 Å². The molecular weight excluding hydrogens is 517 g/mol. The highest BCUT2D eigenvalue weighted by atomic mass is 35.5. The first-order valence-corrected chi connectivity index (χ1v) is 14.5. The second-order valence-corrected chi connectivity index (χ2v) is 11.6. The minimum Gasteiger partial charge on any atom is -0.481 e. The number of aryl methyl sites for hydroxylation is 1. The summed E-state index contributed by atoms with van der Waals surface area (Å²) in [5.74, 6) is 0.900. The van der Waals surface area contributed by atoms with E-state index >= 15 is 0 Å². The molecule has 36 heavy (non-hydrogen) atoms. The molecule has 1 saturated heterocycles. The number of thioether (sulfide) groups is 1. The van der Waals surface area contributed by atoms with Crippen molar-refractivity contribution in [2.75, 3.05) is 34.5 Å². The van der Waals surface area contributed by atoms with Crippen LogP contribution in [0.2, 0.25) is 10.0 Å². The van der Waals surface area contributed by atoms with E-state index in [0.29, 0.717) is 42.0 Å². The molecule has 192 valence electrons. The molecule has 1 N–H and O–H groups in total. The van der Waals surface area contributed by atoms with Gasteiger partial charge in [0.2, 0.25) is 5.91 Å². The van der Waals surface area contributed by atoms with Crippen molar-refractivity contribution in [3.8, 4) is 0 Å². The number of hydrogen-bond acceptors (Lipinski definition) is 5. The number of amides is 1. The Bertz CT molecular complexity index is 1140. The molecule has 0 radical (unpaired) electrons. The van der Waals surface area contributed by atoms with Gasteiger partial charge in [-0.15, -0.1) is 11.8 Å². The molecule has 0 spiro atoms. The Morgan fingerprint density at radius 2 is 1.72 bits per heavy atom. The molecule has 5 rings (SSSR count). The Morgan fingerprint density at radius 3 is 2.47 bits per heavy atom. The fourth-order valence-corrected chi connectivity index (χ4v) is 6.89. The van der Waals surface area contributed by atoms with Crippen molar-refractivity contribution in [3.63, 3.8) is 0 Å². The molecule has 2 heterocycles. The summed E-state index contributed by atoms with van der Waals surface area (Å²) in [5.41, 5.74) is 4.04. The third kappa shape index (κ3) is 5.64. The molecule has 9 heteroatoms. The van der Waals surface area contributed by atoms with E-state index in [-0.39, 0.29) is 18.4 Å². The average molecular weight is 549 g/mol. The van der Waals surface area contributed by atoms with Gasteiger partial charge in [0.15, 0.2) is 0 Å². The Balaban J connectivity index is 1.27. The molecule has 0 aromatic heterocycles. The van der Waals surface area contributed by atoms with E-state index in [1.54, 1.807) is 11.8 Å². The zero-order valence-electron chi connectivity index (χ0n) is 20.2. The van der Waals surface area contributed by atoms with Crippen LogP contribution in [0, 0.1) is 0 Å². The molecule has 2 aliphatic heterocycles. The van der Waals surface area contributed by atoms with Gasteiger partial charge in [0.1, 0.15) is 0 Å². The molecule has 1 unspecified atom stereocenters. The molecule has 2 aromatic carbocycles. The van der Waals surface area contributed by atoms with Crippen LogP contribution in [0.15, 0.2) is 36.4 Å². The molecule has 1 atom stereocenters. The Hall–Kier alpha value is -1.93. The van der Waals surface area contributed by atoms with E-state index < -0.39 is 5.97 Å². The van der Waals surface area contributed by atoms with Crippen molar-refractivity contribution in [1.82, 2.24) is 4.90 Å². The van der Waals surface area contributed by atoms with Crippen molar-refractivity contribution in [1.29, 1.82) is 0 Å². The molecule has 2 aromatic rings. The van der Waals surface area contributed by atoms with Crippen LogP contribution in [-0.2, 0) is 22.6 Å². The van der Waals surface area contributed by atoms with E-state index in [2.05, 4.69) is 28.0 Å². The van der Waals surface area contributed by atoms with Gasteiger partial charge in [0.25, 0.3) is 0 Å². The summed E-state index contributed by atoms with van der Waals surface area (Å²) in [4.78, 5) is 31.2. The van der Waals surface area contributed by atoms with Gasteiger partial charge in [0, 0.05) is 53.8 Å². The van der Waals surface area contributed by atoms with Crippen LogP contribution >= 0.6 is 35.0 Å². The predicted octanol–water partition coefficient (Wildman–Crippen LogP) is 5.68. The molecule has 1 amide bonds. The van der Waals surface area contributed by atoms with Crippen LogP contribution in [0.5, 0.6) is 0 Å². The van der Waals surface area contributed by atoms with Crippen LogP contribution in [0.25, 0.3) is 0 Å².